The van der Waals surface area contributed by atoms with Gasteiger partial charge >= 0.3 is 0 Å². The maximum atomic E-state index is 5.68. The summed E-state index contributed by atoms with van der Waals surface area (Å²) in [5.41, 5.74) is 7.51. The summed E-state index contributed by atoms with van der Waals surface area (Å²) < 4.78 is 0. The van der Waals surface area contributed by atoms with Crippen LogP contribution in [0.3, 0.4) is 0 Å². The number of nitrogens with two attached hydrogens (primary N) is 1. The van der Waals surface area contributed by atoms with Crippen LogP contribution in [0.15, 0.2) is 43.0 Å². The van der Waals surface area contributed by atoms with Gasteiger partial charge in [0, 0.05) is 5.69 Å². The van der Waals surface area contributed by atoms with Crippen LogP contribution in [-0.2, 0) is 0 Å². The second kappa shape index (κ2) is 3.62. The van der Waals surface area contributed by atoms with Gasteiger partial charge < -0.3 is 5.73 Å². The van der Waals surface area contributed by atoms with E-state index in [0.717, 1.165) is 11.3 Å². The highest BCUT2D eigenvalue weighted by Gasteiger charge is 1.88. The van der Waals surface area contributed by atoms with Gasteiger partial charge in [0.2, 0.25) is 0 Å². The predicted molar refractivity (Wildman–Crippen MR) is 50.1 cm³/mol. The third-order valence-electron chi connectivity index (χ3n) is 1.41. The average Bonchev–Trinajstić information content (AvgIpc) is 2.03. The first kappa shape index (κ1) is 7.61. The molecule has 1 aromatic rings. The lowest BCUT2D eigenvalue weighted by atomic mass is 10.2. The fourth-order valence-electron chi connectivity index (χ4n) is 0.834. The molecular weight excluding hydrogens is 134 g/mol. The summed E-state index contributed by atoms with van der Waals surface area (Å²) >= 11 is 0. The zero-order chi connectivity index (χ0) is 8.10. The lowest BCUT2D eigenvalue weighted by Gasteiger charge is -1.96. The first-order chi connectivity index (χ1) is 5.34. The molecule has 0 heterocycles. The van der Waals surface area contributed by atoms with Crippen LogP contribution in [0.2, 0.25) is 0 Å². The van der Waals surface area contributed by atoms with E-state index < -0.39 is 0 Å². The molecule has 0 aromatic heterocycles. The normalized spacial score (nSPS) is 10.2. The van der Waals surface area contributed by atoms with Crippen molar-refractivity contribution in [1.82, 2.24) is 0 Å². The van der Waals surface area contributed by atoms with E-state index in [1.165, 1.54) is 0 Å². The van der Waals surface area contributed by atoms with E-state index in [2.05, 4.69) is 6.58 Å². The molecule has 0 saturated heterocycles. The van der Waals surface area contributed by atoms with Crippen LogP contribution < -0.4 is 5.73 Å². The Kier molecular flexibility index (Phi) is 2.50. The fourth-order valence-corrected chi connectivity index (χ4v) is 0.834. The summed E-state index contributed by atoms with van der Waals surface area (Å²) in [5, 5.41) is 0. The third kappa shape index (κ3) is 1.97. The van der Waals surface area contributed by atoms with E-state index in [1.807, 2.05) is 36.4 Å². The topological polar surface area (TPSA) is 26.0 Å². The second-order valence-electron chi connectivity index (χ2n) is 2.22. The molecule has 0 aliphatic heterocycles. The first-order valence-corrected chi connectivity index (χ1v) is 3.48. The summed E-state index contributed by atoms with van der Waals surface area (Å²) in [6.07, 6.45) is 5.53. The number of rotatable bonds is 2. The van der Waals surface area contributed by atoms with Crippen LogP contribution in [0.25, 0.3) is 6.08 Å². The molecule has 0 fully saturated rings. The molecule has 0 atom stereocenters. The SMILES string of the molecule is C=C/C=C\c1ccccc1N. The molecule has 56 valence electrons. The molecule has 2 N–H and O–H groups in total. The Hall–Kier alpha value is -1.50. The largest absolute Gasteiger partial charge is 0.398 e. The van der Waals surface area contributed by atoms with Gasteiger partial charge in [0.05, 0.1) is 0 Å². The second-order valence-corrected chi connectivity index (χ2v) is 2.22. The van der Waals surface area contributed by atoms with Crippen molar-refractivity contribution < 1.29 is 0 Å². The monoisotopic (exact) mass is 145 g/mol. The smallest absolute Gasteiger partial charge is 0.0387 e. The molecule has 0 spiro atoms. The molecule has 1 aromatic carbocycles. The summed E-state index contributed by atoms with van der Waals surface area (Å²) in [6.45, 7) is 3.58. The van der Waals surface area contributed by atoms with Gasteiger partial charge in [-0.3, -0.25) is 0 Å². The standard InChI is InChI=1S/C10H11N/c1-2-3-6-9-7-4-5-8-10(9)11/h2-8H,1,11H2/b6-3-. The quantitative estimate of drug-likeness (QED) is 0.502. The molecule has 11 heavy (non-hydrogen) atoms. The molecule has 1 nitrogen and oxygen atoms in total. The van der Waals surface area contributed by atoms with Gasteiger partial charge in [0.1, 0.15) is 0 Å². The van der Waals surface area contributed by atoms with Crippen molar-refractivity contribution in [2.75, 3.05) is 5.73 Å². The summed E-state index contributed by atoms with van der Waals surface area (Å²) in [7, 11) is 0. The van der Waals surface area contributed by atoms with Crippen molar-refractivity contribution in [3.05, 3.63) is 48.6 Å². The fraction of sp³-hybridized carbons (Fsp3) is 0. The number of nitrogen functional groups attached to an aromatic ring is 1. The highest BCUT2D eigenvalue weighted by molar-refractivity contribution is 5.64. The number of hydrogen-bond acceptors (Lipinski definition) is 1. The average molecular weight is 145 g/mol. The van der Waals surface area contributed by atoms with Crippen molar-refractivity contribution in [3.8, 4) is 0 Å². The Balaban J connectivity index is 2.94. The lowest BCUT2D eigenvalue weighted by Crippen LogP contribution is -1.86. The van der Waals surface area contributed by atoms with Crippen molar-refractivity contribution in [2.45, 2.75) is 0 Å². The van der Waals surface area contributed by atoms with Crippen molar-refractivity contribution >= 4 is 11.8 Å². The van der Waals surface area contributed by atoms with E-state index in [1.54, 1.807) is 6.08 Å². The van der Waals surface area contributed by atoms with E-state index in [0.29, 0.717) is 0 Å². The maximum absolute atomic E-state index is 5.68. The Bertz CT molecular complexity index is 274. The Labute approximate surface area is 66.9 Å². The van der Waals surface area contributed by atoms with E-state index in [9.17, 15) is 0 Å². The van der Waals surface area contributed by atoms with Gasteiger partial charge in [-0.05, 0) is 11.6 Å². The Morgan fingerprint density at radius 3 is 2.64 bits per heavy atom. The number of hydrogen-bond donors (Lipinski definition) is 1. The predicted octanol–water partition coefficient (Wildman–Crippen LogP) is 2.47. The molecule has 0 saturated carbocycles. The zero-order valence-electron chi connectivity index (χ0n) is 6.33. The van der Waals surface area contributed by atoms with Crippen LogP contribution in [0, 0.1) is 0 Å². The van der Waals surface area contributed by atoms with E-state index in [-0.39, 0.29) is 0 Å². The van der Waals surface area contributed by atoms with E-state index in [4.69, 9.17) is 5.73 Å². The summed E-state index contributed by atoms with van der Waals surface area (Å²) in [6, 6.07) is 7.72. The van der Waals surface area contributed by atoms with Gasteiger partial charge in [-0.2, -0.15) is 0 Å². The molecule has 0 aliphatic rings. The van der Waals surface area contributed by atoms with Gasteiger partial charge in [-0.15, -0.1) is 0 Å². The van der Waals surface area contributed by atoms with Crippen LogP contribution >= 0.6 is 0 Å². The highest BCUT2D eigenvalue weighted by atomic mass is 14.5. The molecule has 0 unspecified atom stereocenters. The first-order valence-electron chi connectivity index (χ1n) is 3.48. The van der Waals surface area contributed by atoms with Gasteiger partial charge in [-0.1, -0.05) is 43.0 Å². The van der Waals surface area contributed by atoms with Crippen molar-refractivity contribution in [3.63, 3.8) is 0 Å². The highest BCUT2D eigenvalue weighted by Crippen LogP contribution is 2.11. The van der Waals surface area contributed by atoms with E-state index >= 15 is 0 Å². The Morgan fingerprint density at radius 1 is 1.27 bits per heavy atom. The Morgan fingerprint density at radius 2 is 2.00 bits per heavy atom. The van der Waals surface area contributed by atoms with Crippen LogP contribution in [0.4, 0.5) is 5.69 Å². The molecular formula is C10H11N. The minimum Gasteiger partial charge on any atom is -0.398 e. The molecule has 0 aliphatic carbocycles. The number of allylic oxidation sites excluding steroid dienone is 2. The van der Waals surface area contributed by atoms with Gasteiger partial charge in [-0.25, -0.2) is 0 Å². The number of anilines is 1. The van der Waals surface area contributed by atoms with Crippen LogP contribution in [0.5, 0.6) is 0 Å². The third-order valence-corrected chi connectivity index (χ3v) is 1.41. The molecule has 0 radical (unpaired) electrons. The van der Waals surface area contributed by atoms with Crippen LogP contribution in [-0.4, -0.2) is 0 Å². The molecule has 0 bridgehead atoms. The molecule has 1 heteroatoms. The van der Waals surface area contributed by atoms with Crippen molar-refractivity contribution in [2.24, 2.45) is 0 Å². The molecule has 0 amide bonds. The molecule has 1 rings (SSSR count). The minimum atomic E-state index is 0.797. The van der Waals surface area contributed by atoms with Crippen LogP contribution in [0.1, 0.15) is 5.56 Å². The summed E-state index contributed by atoms with van der Waals surface area (Å²) in [5.74, 6) is 0. The zero-order valence-corrected chi connectivity index (χ0v) is 6.33. The number of para-hydroxylation sites is 1. The minimum absolute atomic E-state index is 0.797. The van der Waals surface area contributed by atoms with Gasteiger partial charge in [0.25, 0.3) is 0 Å². The maximum Gasteiger partial charge on any atom is 0.0387 e. The van der Waals surface area contributed by atoms with Gasteiger partial charge in [0.15, 0.2) is 0 Å². The lowest BCUT2D eigenvalue weighted by molar-refractivity contribution is 1.64. The summed E-state index contributed by atoms with van der Waals surface area (Å²) in [4.78, 5) is 0. The van der Waals surface area contributed by atoms with Crippen molar-refractivity contribution in [1.29, 1.82) is 0 Å². The number of benzene rings is 1.